The summed E-state index contributed by atoms with van der Waals surface area (Å²) in [5, 5.41) is 0. The number of hydrogen-bond donors (Lipinski definition) is 0. The van der Waals surface area contributed by atoms with E-state index in [0.29, 0.717) is 0 Å². The third kappa shape index (κ3) is 2.36. The van der Waals surface area contributed by atoms with E-state index in [1.165, 1.54) is 27.8 Å². The molecule has 0 spiro atoms. The monoisotopic (exact) mass is 361 g/mol. The van der Waals surface area contributed by atoms with Crippen LogP contribution in [-0.4, -0.2) is 3.21 Å². The van der Waals surface area contributed by atoms with Gasteiger partial charge in [-0.3, -0.25) is 0 Å². The fourth-order valence-corrected chi connectivity index (χ4v) is 6.60. The molecule has 0 heterocycles. The molecule has 2 aliphatic rings. The van der Waals surface area contributed by atoms with Crippen LogP contribution < -0.4 is 3.27 Å². The van der Waals surface area contributed by atoms with Crippen LogP contribution in [0.5, 0.6) is 0 Å². The Kier molecular flexibility index (Phi) is 3.70. The average molecular weight is 363 g/mol. The molecule has 0 fully saturated rings. The Morgan fingerprint density at radius 3 is 2.55 bits per heavy atom. The van der Waals surface area contributed by atoms with Crippen molar-refractivity contribution < 1.29 is 22.8 Å². The van der Waals surface area contributed by atoms with E-state index in [-0.39, 0.29) is 0 Å². The van der Waals surface area contributed by atoms with Gasteiger partial charge in [-0.2, -0.15) is 0 Å². The van der Waals surface area contributed by atoms with Crippen molar-refractivity contribution in [2.75, 3.05) is 0 Å². The van der Waals surface area contributed by atoms with Crippen molar-refractivity contribution >= 4 is 12.1 Å². The summed E-state index contributed by atoms with van der Waals surface area (Å²) in [6, 6.07) is 13.7. The molecule has 0 N–H and O–H groups in total. The summed E-state index contributed by atoms with van der Waals surface area (Å²) in [4.78, 5) is 0. The Morgan fingerprint density at radius 2 is 1.77 bits per heavy atom. The van der Waals surface area contributed by atoms with E-state index >= 15 is 0 Å². The van der Waals surface area contributed by atoms with Crippen LogP contribution in [0.3, 0.4) is 0 Å². The standard InChI is InChI=1S/C18H13.C3H6.Zr/c1-2-6-13(5-1)14-9-10-18-16(11-14)12-15-7-3-4-8-17(15)18;1-3-2;/h1-5,7-10H,6,12H2;1-2H3;. The van der Waals surface area contributed by atoms with Crippen LogP contribution in [0.4, 0.5) is 0 Å². The molecule has 0 unspecified atom stereocenters. The van der Waals surface area contributed by atoms with Crippen molar-refractivity contribution in [3.63, 3.8) is 0 Å². The summed E-state index contributed by atoms with van der Waals surface area (Å²) in [6.45, 7) is 4.64. The fourth-order valence-electron chi connectivity index (χ4n) is 3.52. The van der Waals surface area contributed by atoms with Gasteiger partial charge in [-0.1, -0.05) is 0 Å². The van der Waals surface area contributed by atoms with Gasteiger partial charge in [-0.25, -0.2) is 0 Å². The van der Waals surface area contributed by atoms with Crippen LogP contribution in [0.2, 0.25) is 0 Å². The molecule has 0 radical (unpaired) electrons. The van der Waals surface area contributed by atoms with E-state index in [9.17, 15) is 0 Å². The first-order valence-electron chi connectivity index (χ1n) is 7.91. The van der Waals surface area contributed by atoms with Crippen molar-refractivity contribution in [1.29, 1.82) is 0 Å². The van der Waals surface area contributed by atoms with E-state index in [4.69, 9.17) is 0 Å². The second-order valence-electron chi connectivity index (χ2n) is 6.30. The molecule has 0 aromatic heterocycles. The second-order valence-corrected chi connectivity index (χ2v) is 10.6. The summed E-state index contributed by atoms with van der Waals surface area (Å²) < 4.78 is 3.37. The van der Waals surface area contributed by atoms with Gasteiger partial charge < -0.3 is 0 Å². The van der Waals surface area contributed by atoms with Crippen molar-refractivity contribution in [2.45, 2.75) is 26.7 Å². The first-order chi connectivity index (χ1) is 10.7. The minimum absolute atomic E-state index is 0.644. The Labute approximate surface area is 143 Å². The zero-order chi connectivity index (χ0) is 15.1. The fraction of sp³-hybridized carbons (Fsp3) is 0.190. The minimum atomic E-state index is -0.644. The van der Waals surface area contributed by atoms with E-state index in [1.54, 1.807) is 12.0 Å². The first-order valence-corrected chi connectivity index (χ1v) is 10.4. The summed E-state index contributed by atoms with van der Waals surface area (Å²) >= 11 is -0.644. The summed E-state index contributed by atoms with van der Waals surface area (Å²) in [7, 11) is 0. The molecular formula is C21H19Zr. The molecule has 2 aliphatic carbocycles. The number of allylic oxidation sites excluding steroid dienone is 4. The maximum absolute atomic E-state index is 2.39. The van der Waals surface area contributed by atoms with Crippen LogP contribution >= 0.6 is 0 Å². The van der Waals surface area contributed by atoms with Crippen LogP contribution in [0, 0.1) is 0 Å². The van der Waals surface area contributed by atoms with Gasteiger partial charge in [-0.15, -0.1) is 0 Å². The molecule has 107 valence electrons. The summed E-state index contributed by atoms with van der Waals surface area (Å²) in [6.07, 6.45) is 9.01. The third-order valence-electron chi connectivity index (χ3n) is 4.48. The van der Waals surface area contributed by atoms with Crippen molar-refractivity contribution in [2.24, 2.45) is 0 Å². The van der Waals surface area contributed by atoms with Gasteiger partial charge in [0.2, 0.25) is 0 Å². The molecular weight excluding hydrogens is 343 g/mol. The van der Waals surface area contributed by atoms with Gasteiger partial charge in [0.25, 0.3) is 0 Å². The second kappa shape index (κ2) is 5.71. The van der Waals surface area contributed by atoms with Crippen molar-refractivity contribution in [1.82, 2.24) is 0 Å². The predicted molar refractivity (Wildman–Crippen MR) is 92.4 cm³/mol. The van der Waals surface area contributed by atoms with Crippen LogP contribution in [-0.2, 0) is 29.2 Å². The molecule has 0 saturated carbocycles. The van der Waals surface area contributed by atoms with Gasteiger partial charge in [-0.05, 0) is 0 Å². The Bertz CT molecular complexity index is 846. The van der Waals surface area contributed by atoms with E-state index in [2.05, 4.69) is 68.5 Å². The van der Waals surface area contributed by atoms with Crippen LogP contribution in [0.25, 0.3) is 16.7 Å². The normalized spacial score (nSPS) is 14.4. The zero-order valence-electron chi connectivity index (χ0n) is 13.1. The molecule has 4 rings (SSSR count). The predicted octanol–water partition coefficient (Wildman–Crippen LogP) is 4.52. The number of rotatable bonds is 2. The van der Waals surface area contributed by atoms with Crippen LogP contribution in [0.15, 0.2) is 54.6 Å². The molecule has 0 saturated heterocycles. The molecule has 0 amide bonds. The molecule has 22 heavy (non-hydrogen) atoms. The third-order valence-corrected chi connectivity index (χ3v) is 7.73. The Balaban J connectivity index is 1.95. The van der Waals surface area contributed by atoms with Gasteiger partial charge >= 0.3 is 144 Å². The Hall–Kier alpha value is -1.33. The number of fused-ring (bicyclic) bond motifs is 3. The van der Waals surface area contributed by atoms with Crippen LogP contribution in [0.1, 0.15) is 37.0 Å². The molecule has 0 aliphatic heterocycles. The molecule has 1 heteroatoms. The Morgan fingerprint density at radius 1 is 0.955 bits per heavy atom. The first kappa shape index (κ1) is 14.3. The van der Waals surface area contributed by atoms with Gasteiger partial charge in [0, 0.05) is 0 Å². The van der Waals surface area contributed by atoms with Gasteiger partial charge in [0.05, 0.1) is 0 Å². The van der Waals surface area contributed by atoms with E-state index in [0.717, 1.165) is 12.8 Å². The van der Waals surface area contributed by atoms with Crippen molar-refractivity contribution in [3.8, 4) is 11.1 Å². The molecule has 0 atom stereocenters. The van der Waals surface area contributed by atoms with Crippen molar-refractivity contribution in [3.05, 3.63) is 71.3 Å². The topological polar surface area (TPSA) is 0 Å². The maximum atomic E-state index is 2.39. The number of hydrogen-bond acceptors (Lipinski definition) is 0. The molecule has 2 aromatic carbocycles. The van der Waals surface area contributed by atoms with Gasteiger partial charge in [0.15, 0.2) is 0 Å². The molecule has 2 aromatic rings. The summed E-state index contributed by atoms with van der Waals surface area (Å²) in [5.74, 6) is 0. The molecule has 0 bridgehead atoms. The van der Waals surface area contributed by atoms with E-state index in [1.807, 2.05) is 0 Å². The molecule has 0 nitrogen and oxygen atoms in total. The average Bonchev–Trinajstić information content (AvgIpc) is 3.14. The van der Waals surface area contributed by atoms with Gasteiger partial charge in [0.1, 0.15) is 0 Å². The SMILES string of the molecule is C[C](C)=[Zr][c]1c(C2=CC=CC2)ccc2c1Cc1ccccc1-2. The summed E-state index contributed by atoms with van der Waals surface area (Å²) in [5.41, 5.74) is 9.11. The van der Waals surface area contributed by atoms with E-state index < -0.39 is 22.8 Å². The number of benzene rings is 2. The zero-order valence-corrected chi connectivity index (χ0v) is 15.6. The quantitative estimate of drug-likeness (QED) is 0.629.